The molecule has 16 heavy (non-hydrogen) atoms. The molecule has 2 rings (SSSR count). The van der Waals surface area contributed by atoms with Crippen LogP contribution in [0.2, 0.25) is 5.02 Å². The number of rotatable bonds is 1. The van der Waals surface area contributed by atoms with E-state index in [0.29, 0.717) is 10.5 Å². The number of benzene rings is 1. The summed E-state index contributed by atoms with van der Waals surface area (Å²) in [6.07, 6.45) is 0. The SMILES string of the molecule is Cc1cc(F)cc2nc(C(C)C)cc(Cl)c12. The zero-order chi connectivity index (χ0) is 11.9. The van der Waals surface area contributed by atoms with Crippen molar-refractivity contribution >= 4 is 22.5 Å². The maximum absolute atomic E-state index is 13.3. The number of halogens is 2. The number of nitrogens with zero attached hydrogens (tertiary/aromatic N) is 1. The fourth-order valence-corrected chi connectivity index (χ4v) is 2.15. The highest BCUT2D eigenvalue weighted by molar-refractivity contribution is 6.35. The van der Waals surface area contributed by atoms with E-state index in [0.717, 1.165) is 16.6 Å². The number of aryl methyl sites for hydroxylation is 1. The number of hydrogen-bond donors (Lipinski definition) is 0. The van der Waals surface area contributed by atoms with Gasteiger partial charge in [-0.2, -0.15) is 0 Å². The van der Waals surface area contributed by atoms with Crippen molar-refractivity contribution in [3.8, 4) is 0 Å². The standard InChI is InChI=1S/C13H13ClFN/c1-7(2)11-6-10(14)13-8(3)4-9(15)5-12(13)16-11/h4-7H,1-3H3. The van der Waals surface area contributed by atoms with E-state index < -0.39 is 0 Å². The van der Waals surface area contributed by atoms with Gasteiger partial charge in [-0.15, -0.1) is 0 Å². The smallest absolute Gasteiger partial charge is 0.125 e. The van der Waals surface area contributed by atoms with Crippen LogP contribution in [-0.2, 0) is 0 Å². The number of aromatic nitrogens is 1. The monoisotopic (exact) mass is 237 g/mol. The summed E-state index contributed by atoms with van der Waals surface area (Å²) in [4.78, 5) is 4.43. The minimum atomic E-state index is -0.269. The maximum Gasteiger partial charge on any atom is 0.125 e. The first-order valence-electron chi connectivity index (χ1n) is 5.25. The molecule has 0 unspecified atom stereocenters. The predicted molar refractivity (Wildman–Crippen MR) is 65.5 cm³/mol. The fraction of sp³-hybridized carbons (Fsp3) is 0.308. The minimum Gasteiger partial charge on any atom is -0.252 e. The molecule has 0 saturated heterocycles. The fourth-order valence-electron chi connectivity index (χ4n) is 1.79. The molecule has 1 aromatic heterocycles. The predicted octanol–water partition coefficient (Wildman–Crippen LogP) is 4.46. The lowest BCUT2D eigenvalue weighted by atomic mass is 10.1. The maximum atomic E-state index is 13.3. The van der Waals surface area contributed by atoms with Crippen molar-refractivity contribution in [2.75, 3.05) is 0 Å². The van der Waals surface area contributed by atoms with Gasteiger partial charge in [0.05, 0.1) is 10.5 Å². The van der Waals surface area contributed by atoms with Crippen LogP contribution in [0.4, 0.5) is 4.39 Å². The molecule has 0 saturated carbocycles. The van der Waals surface area contributed by atoms with E-state index in [1.54, 1.807) is 0 Å². The Kier molecular flexibility index (Phi) is 2.85. The summed E-state index contributed by atoms with van der Waals surface area (Å²) in [5.41, 5.74) is 2.35. The lowest BCUT2D eigenvalue weighted by Gasteiger charge is -2.09. The second-order valence-corrected chi connectivity index (χ2v) is 4.71. The molecule has 2 aromatic rings. The Labute approximate surface area is 99.3 Å². The largest absolute Gasteiger partial charge is 0.252 e. The van der Waals surface area contributed by atoms with Gasteiger partial charge < -0.3 is 0 Å². The molecule has 0 radical (unpaired) electrons. The number of fused-ring (bicyclic) bond motifs is 1. The Hall–Kier alpha value is -1.15. The summed E-state index contributed by atoms with van der Waals surface area (Å²) >= 11 is 6.20. The van der Waals surface area contributed by atoms with Crippen molar-refractivity contribution in [3.63, 3.8) is 0 Å². The van der Waals surface area contributed by atoms with Crippen LogP contribution in [0.5, 0.6) is 0 Å². The van der Waals surface area contributed by atoms with Crippen molar-refractivity contribution in [2.45, 2.75) is 26.7 Å². The van der Waals surface area contributed by atoms with Crippen molar-refractivity contribution < 1.29 is 4.39 Å². The quantitative estimate of drug-likeness (QED) is 0.714. The molecule has 0 aliphatic carbocycles. The van der Waals surface area contributed by atoms with Gasteiger partial charge in [0.15, 0.2) is 0 Å². The van der Waals surface area contributed by atoms with E-state index in [1.165, 1.54) is 12.1 Å². The first-order valence-corrected chi connectivity index (χ1v) is 5.63. The van der Waals surface area contributed by atoms with Gasteiger partial charge in [0.2, 0.25) is 0 Å². The van der Waals surface area contributed by atoms with Crippen molar-refractivity contribution in [3.05, 3.63) is 40.3 Å². The van der Waals surface area contributed by atoms with Crippen LogP contribution in [0.25, 0.3) is 10.9 Å². The van der Waals surface area contributed by atoms with Crippen molar-refractivity contribution in [1.82, 2.24) is 4.98 Å². The molecule has 0 spiro atoms. The van der Waals surface area contributed by atoms with E-state index in [-0.39, 0.29) is 11.7 Å². The lowest BCUT2D eigenvalue weighted by molar-refractivity contribution is 0.628. The van der Waals surface area contributed by atoms with E-state index in [2.05, 4.69) is 4.98 Å². The third-order valence-corrected chi connectivity index (χ3v) is 2.93. The van der Waals surface area contributed by atoms with Crippen LogP contribution in [0, 0.1) is 12.7 Å². The second-order valence-electron chi connectivity index (χ2n) is 4.30. The zero-order valence-corrected chi connectivity index (χ0v) is 10.3. The second kappa shape index (κ2) is 4.02. The Bertz CT molecular complexity index is 549. The molecular weight excluding hydrogens is 225 g/mol. The molecule has 0 atom stereocenters. The Morgan fingerprint density at radius 1 is 1.25 bits per heavy atom. The van der Waals surface area contributed by atoms with Gasteiger partial charge in [-0.3, -0.25) is 4.98 Å². The van der Waals surface area contributed by atoms with Crippen molar-refractivity contribution in [2.24, 2.45) is 0 Å². The van der Waals surface area contributed by atoms with Gasteiger partial charge in [0, 0.05) is 17.1 Å². The minimum absolute atomic E-state index is 0.269. The average Bonchev–Trinajstić information content (AvgIpc) is 2.15. The first kappa shape index (κ1) is 11.3. The topological polar surface area (TPSA) is 12.9 Å². The molecule has 1 aromatic carbocycles. The molecule has 1 heterocycles. The first-order chi connectivity index (χ1) is 7.49. The van der Waals surface area contributed by atoms with E-state index in [9.17, 15) is 4.39 Å². The highest BCUT2D eigenvalue weighted by Gasteiger charge is 2.10. The average molecular weight is 238 g/mol. The van der Waals surface area contributed by atoms with Crippen LogP contribution in [0.15, 0.2) is 18.2 Å². The Balaban J connectivity index is 2.81. The van der Waals surface area contributed by atoms with E-state index >= 15 is 0 Å². The van der Waals surface area contributed by atoms with Crippen LogP contribution < -0.4 is 0 Å². The van der Waals surface area contributed by atoms with Gasteiger partial charge in [-0.25, -0.2) is 4.39 Å². The summed E-state index contributed by atoms with van der Waals surface area (Å²) in [5.74, 6) is 0.0138. The highest BCUT2D eigenvalue weighted by atomic mass is 35.5. The zero-order valence-electron chi connectivity index (χ0n) is 9.51. The normalized spacial score (nSPS) is 11.4. The van der Waals surface area contributed by atoms with Gasteiger partial charge in [0.1, 0.15) is 5.82 Å². The summed E-state index contributed by atoms with van der Waals surface area (Å²) in [6.45, 7) is 5.92. The molecule has 0 aliphatic rings. The molecule has 1 nitrogen and oxygen atoms in total. The number of pyridine rings is 1. The van der Waals surface area contributed by atoms with Crippen LogP contribution in [0.3, 0.4) is 0 Å². The lowest BCUT2D eigenvalue weighted by Crippen LogP contribution is -1.95. The van der Waals surface area contributed by atoms with E-state index in [4.69, 9.17) is 11.6 Å². The third-order valence-electron chi connectivity index (χ3n) is 2.63. The molecule has 0 N–H and O–H groups in total. The van der Waals surface area contributed by atoms with Gasteiger partial charge in [-0.1, -0.05) is 25.4 Å². The van der Waals surface area contributed by atoms with Crippen molar-refractivity contribution in [1.29, 1.82) is 0 Å². The summed E-state index contributed by atoms with van der Waals surface area (Å²) in [6, 6.07) is 4.77. The molecule has 84 valence electrons. The molecule has 0 amide bonds. The molecule has 3 heteroatoms. The molecular formula is C13H13ClFN. The van der Waals surface area contributed by atoms with Crippen LogP contribution in [-0.4, -0.2) is 4.98 Å². The van der Waals surface area contributed by atoms with E-state index in [1.807, 2.05) is 26.8 Å². The Morgan fingerprint density at radius 3 is 2.56 bits per heavy atom. The van der Waals surface area contributed by atoms with Gasteiger partial charge in [-0.05, 0) is 30.5 Å². The number of hydrogen-bond acceptors (Lipinski definition) is 1. The molecule has 0 fully saturated rings. The summed E-state index contributed by atoms with van der Waals surface area (Å²) < 4.78 is 13.3. The summed E-state index contributed by atoms with van der Waals surface area (Å²) in [5, 5.41) is 1.48. The Morgan fingerprint density at radius 2 is 1.94 bits per heavy atom. The molecule has 0 bridgehead atoms. The highest BCUT2D eigenvalue weighted by Crippen LogP contribution is 2.29. The van der Waals surface area contributed by atoms with Gasteiger partial charge in [0.25, 0.3) is 0 Å². The van der Waals surface area contributed by atoms with Gasteiger partial charge >= 0.3 is 0 Å². The van der Waals surface area contributed by atoms with Crippen LogP contribution >= 0.6 is 11.6 Å². The third kappa shape index (κ3) is 1.90. The van der Waals surface area contributed by atoms with Crippen LogP contribution in [0.1, 0.15) is 31.0 Å². The molecule has 0 aliphatic heterocycles. The summed E-state index contributed by atoms with van der Waals surface area (Å²) in [7, 11) is 0.